The molecule has 0 aliphatic rings. The van der Waals surface area contributed by atoms with Crippen LogP contribution in [0.2, 0.25) is 0 Å². The van der Waals surface area contributed by atoms with Gasteiger partial charge in [-0.3, -0.25) is 0 Å². The number of carboxylic acid groups (broad SMARTS) is 1. The smallest absolute Gasteiger partial charge is 0.354 e. The van der Waals surface area contributed by atoms with E-state index in [2.05, 4.69) is 15.1 Å². The Balaban J connectivity index is 2.77. The van der Waals surface area contributed by atoms with Crippen LogP contribution < -0.4 is 5.73 Å². The van der Waals surface area contributed by atoms with E-state index in [1.54, 1.807) is 6.92 Å². The van der Waals surface area contributed by atoms with Gasteiger partial charge in [-0.25, -0.2) is 9.78 Å². The van der Waals surface area contributed by atoms with Gasteiger partial charge in [0, 0.05) is 5.69 Å². The monoisotopic (exact) mass is 207 g/mol. The molecule has 0 unspecified atom stereocenters. The third-order valence-corrected chi connectivity index (χ3v) is 1.89. The Kier molecular flexibility index (Phi) is 2.09. The van der Waals surface area contributed by atoms with Crippen molar-refractivity contribution >= 4 is 11.7 Å². The minimum Gasteiger partial charge on any atom is -0.477 e. The van der Waals surface area contributed by atoms with Gasteiger partial charge < -0.3 is 10.8 Å². The molecular formula is C8H9N5O2. The van der Waals surface area contributed by atoms with Crippen LogP contribution in [-0.4, -0.2) is 30.7 Å². The lowest BCUT2D eigenvalue weighted by Crippen LogP contribution is -2.08. The fourth-order valence-corrected chi connectivity index (χ4v) is 1.27. The Hall–Kier alpha value is -2.02. The average Bonchev–Trinajstić information content (AvgIpc) is 2.58. The Morgan fingerprint density at radius 1 is 1.60 bits per heavy atom. The highest BCUT2D eigenvalue weighted by Gasteiger charge is 2.13. The van der Waals surface area contributed by atoms with Crippen molar-refractivity contribution in [3.8, 4) is 0 Å². The number of rotatable bonds is 2. The van der Waals surface area contributed by atoms with Gasteiger partial charge in [-0.05, 0) is 13.0 Å². The molecule has 0 spiro atoms. The van der Waals surface area contributed by atoms with E-state index in [4.69, 9.17) is 10.8 Å². The number of aryl methyl sites for hydroxylation is 1. The zero-order valence-electron chi connectivity index (χ0n) is 8.01. The highest BCUT2D eigenvalue weighted by Crippen LogP contribution is 2.06. The summed E-state index contributed by atoms with van der Waals surface area (Å²) in [7, 11) is 0. The second-order valence-corrected chi connectivity index (χ2v) is 3.03. The van der Waals surface area contributed by atoms with Gasteiger partial charge in [0.25, 0.3) is 5.78 Å². The first-order valence-electron chi connectivity index (χ1n) is 4.28. The van der Waals surface area contributed by atoms with Gasteiger partial charge in [-0.15, -0.1) is 5.10 Å². The SMILES string of the molecule is Cc1cc(C(=O)O)n2nc(CN)nc2n1. The van der Waals surface area contributed by atoms with Crippen LogP contribution in [0.4, 0.5) is 0 Å². The fourth-order valence-electron chi connectivity index (χ4n) is 1.27. The quantitative estimate of drug-likeness (QED) is 0.693. The predicted molar refractivity (Wildman–Crippen MR) is 50.4 cm³/mol. The van der Waals surface area contributed by atoms with Gasteiger partial charge in [0.05, 0.1) is 6.54 Å². The summed E-state index contributed by atoms with van der Waals surface area (Å²) in [6.07, 6.45) is 0. The van der Waals surface area contributed by atoms with Gasteiger partial charge in [-0.2, -0.15) is 9.50 Å². The fraction of sp³-hybridized carbons (Fsp3) is 0.250. The zero-order valence-corrected chi connectivity index (χ0v) is 8.01. The van der Waals surface area contributed by atoms with Crippen molar-refractivity contribution < 1.29 is 9.90 Å². The van der Waals surface area contributed by atoms with Gasteiger partial charge in [-0.1, -0.05) is 0 Å². The van der Waals surface area contributed by atoms with Crippen LogP contribution in [-0.2, 0) is 6.54 Å². The lowest BCUT2D eigenvalue weighted by atomic mass is 10.3. The van der Waals surface area contributed by atoms with Crippen LogP contribution in [0.3, 0.4) is 0 Å². The molecule has 15 heavy (non-hydrogen) atoms. The van der Waals surface area contributed by atoms with E-state index in [1.807, 2.05) is 0 Å². The molecule has 2 heterocycles. The van der Waals surface area contributed by atoms with Crippen LogP contribution in [0.25, 0.3) is 5.78 Å². The molecule has 2 aromatic heterocycles. The van der Waals surface area contributed by atoms with E-state index in [0.717, 1.165) is 0 Å². The van der Waals surface area contributed by atoms with E-state index >= 15 is 0 Å². The van der Waals surface area contributed by atoms with E-state index in [9.17, 15) is 4.79 Å². The van der Waals surface area contributed by atoms with Gasteiger partial charge in [0.2, 0.25) is 0 Å². The van der Waals surface area contributed by atoms with Gasteiger partial charge >= 0.3 is 5.97 Å². The summed E-state index contributed by atoms with van der Waals surface area (Å²) in [5, 5.41) is 12.9. The third-order valence-electron chi connectivity index (χ3n) is 1.89. The molecule has 0 saturated heterocycles. The molecule has 0 amide bonds. The topological polar surface area (TPSA) is 106 Å². The Morgan fingerprint density at radius 3 is 2.93 bits per heavy atom. The van der Waals surface area contributed by atoms with E-state index in [1.165, 1.54) is 10.6 Å². The lowest BCUT2D eigenvalue weighted by Gasteiger charge is -1.98. The van der Waals surface area contributed by atoms with Crippen molar-refractivity contribution in [2.75, 3.05) is 0 Å². The molecule has 0 aliphatic heterocycles. The predicted octanol–water partition coefficient (Wildman–Crippen LogP) is -0.410. The molecule has 0 aliphatic carbocycles. The van der Waals surface area contributed by atoms with E-state index < -0.39 is 5.97 Å². The number of carbonyl (C=O) groups is 1. The molecule has 0 atom stereocenters. The average molecular weight is 207 g/mol. The standard InChI is InChI=1S/C8H9N5O2/c1-4-2-5(7(14)15)13-8(10-4)11-6(3-9)12-13/h2H,3,9H2,1H3,(H,14,15). The molecule has 2 rings (SSSR count). The van der Waals surface area contributed by atoms with Gasteiger partial charge in [0.1, 0.15) is 0 Å². The number of fused-ring (bicyclic) bond motifs is 1. The lowest BCUT2D eigenvalue weighted by molar-refractivity contribution is 0.0687. The molecular weight excluding hydrogens is 198 g/mol. The number of nitrogens with zero attached hydrogens (tertiary/aromatic N) is 4. The number of aromatic nitrogens is 4. The molecule has 0 aromatic carbocycles. The summed E-state index contributed by atoms with van der Waals surface area (Å²) in [6.45, 7) is 1.85. The summed E-state index contributed by atoms with van der Waals surface area (Å²) in [4.78, 5) is 19.0. The van der Waals surface area contributed by atoms with Crippen LogP contribution >= 0.6 is 0 Å². The van der Waals surface area contributed by atoms with Crippen LogP contribution in [0, 0.1) is 6.92 Å². The summed E-state index contributed by atoms with van der Waals surface area (Å²) >= 11 is 0. The maximum atomic E-state index is 10.9. The van der Waals surface area contributed by atoms with Crippen molar-refractivity contribution in [3.05, 3.63) is 23.3 Å². The van der Waals surface area contributed by atoms with Crippen LogP contribution in [0.1, 0.15) is 22.0 Å². The largest absolute Gasteiger partial charge is 0.477 e. The van der Waals surface area contributed by atoms with E-state index in [0.29, 0.717) is 11.5 Å². The summed E-state index contributed by atoms with van der Waals surface area (Å²) in [5.41, 5.74) is 5.98. The summed E-state index contributed by atoms with van der Waals surface area (Å²) in [5.74, 6) is -0.442. The van der Waals surface area contributed by atoms with E-state index in [-0.39, 0.29) is 18.0 Å². The molecule has 0 radical (unpaired) electrons. The van der Waals surface area contributed by atoms with Crippen molar-refractivity contribution in [1.82, 2.24) is 19.6 Å². The Labute approximate surface area is 84.6 Å². The van der Waals surface area contributed by atoms with Crippen LogP contribution in [0.15, 0.2) is 6.07 Å². The summed E-state index contributed by atoms with van der Waals surface area (Å²) < 4.78 is 1.18. The number of nitrogens with two attached hydrogens (primary N) is 1. The molecule has 0 fully saturated rings. The van der Waals surface area contributed by atoms with Crippen molar-refractivity contribution in [2.45, 2.75) is 13.5 Å². The summed E-state index contributed by atoms with van der Waals surface area (Å²) in [6, 6.07) is 1.43. The highest BCUT2D eigenvalue weighted by atomic mass is 16.4. The molecule has 7 nitrogen and oxygen atoms in total. The first-order valence-corrected chi connectivity index (χ1v) is 4.28. The molecule has 2 aromatic rings. The second kappa shape index (κ2) is 3.28. The normalized spacial score (nSPS) is 10.8. The first-order chi connectivity index (χ1) is 7.11. The minimum atomic E-state index is -1.07. The molecule has 0 bridgehead atoms. The molecule has 7 heteroatoms. The number of hydrogen-bond donors (Lipinski definition) is 2. The third kappa shape index (κ3) is 1.52. The van der Waals surface area contributed by atoms with Crippen molar-refractivity contribution in [1.29, 1.82) is 0 Å². The maximum Gasteiger partial charge on any atom is 0.354 e. The first kappa shape index (κ1) is 9.53. The molecule has 3 N–H and O–H groups in total. The molecule has 78 valence electrons. The highest BCUT2D eigenvalue weighted by molar-refractivity contribution is 5.86. The number of hydrogen-bond acceptors (Lipinski definition) is 5. The van der Waals surface area contributed by atoms with Crippen molar-refractivity contribution in [2.24, 2.45) is 5.73 Å². The Morgan fingerprint density at radius 2 is 2.33 bits per heavy atom. The minimum absolute atomic E-state index is 0.0321. The van der Waals surface area contributed by atoms with Gasteiger partial charge in [0.15, 0.2) is 11.5 Å². The van der Waals surface area contributed by atoms with Crippen molar-refractivity contribution in [3.63, 3.8) is 0 Å². The number of aromatic carboxylic acids is 1. The number of carboxylic acids is 1. The Bertz CT molecular complexity index is 533. The van der Waals surface area contributed by atoms with Crippen LogP contribution in [0.5, 0.6) is 0 Å². The molecule has 0 saturated carbocycles. The second-order valence-electron chi connectivity index (χ2n) is 3.03. The zero-order chi connectivity index (χ0) is 11.0. The maximum absolute atomic E-state index is 10.9.